The maximum absolute atomic E-state index is 14.1. The van der Waals surface area contributed by atoms with E-state index >= 15 is 0 Å². The third-order valence-electron chi connectivity index (χ3n) is 7.31. The topological polar surface area (TPSA) is 143 Å². The minimum Gasteiger partial charge on any atom is -0.490 e. The zero-order chi connectivity index (χ0) is 31.9. The summed E-state index contributed by atoms with van der Waals surface area (Å²) in [5.74, 6) is -1.15. The third kappa shape index (κ3) is 9.60. The Morgan fingerprint density at radius 3 is 2.42 bits per heavy atom. The summed E-state index contributed by atoms with van der Waals surface area (Å²) in [4.78, 5) is 15.5. The molecule has 11 nitrogen and oxygen atoms in total. The quantitative estimate of drug-likeness (QED) is 0.446. The molecule has 14 heteroatoms. The smallest absolute Gasteiger partial charge is 0.258 e. The van der Waals surface area contributed by atoms with Crippen molar-refractivity contribution in [2.45, 2.75) is 63.2 Å². The fourth-order valence-corrected chi connectivity index (χ4v) is 6.54. The minimum atomic E-state index is -3.96. The molecule has 0 bridgehead atoms. The summed E-state index contributed by atoms with van der Waals surface area (Å²) in [6, 6.07) is 8.42. The predicted octanol–water partition coefficient (Wildman–Crippen LogP) is 3.31. The van der Waals surface area contributed by atoms with Crippen molar-refractivity contribution in [2.75, 3.05) is 44.3 Å². The number of aliphatic hydroxyl groups is 1. The Labute approximate surface area is 254 Å². The van der Waals surface area contributed by atoms with Crippen molar-refractivity contribution in [3.8, 4) is 5.75 Å². The van der Waals surface area contributed by atoms with Crippen LogP contribution in [0.1, 0.15) is 50.4 Å². The Morgan fingerprint density at radius 2 is 1.79 bits per heavy atom. The van der Waals surface area contributed by atoms with Crippen LogP contribution in [0.15, 0.2) is 47.4 Å². The van der Waals surface area contributed by atoms with E-state index in [2.05, 4.69) is 4.72 Å². The highest BCUT2D eigenvalue weighted by atomic mass is 32.2. The number of benzene rings is 2. The van der Waals surface area contributed by atoms with Crippen LogP contribution in [0.5, 0.6) is 5.75 Å². The fourth-order valence-electron chi connectivity index (χ4n) is 4.80. The van der Waals surface area contributed by atoms with Gasteiger partial charge < -0.3 is 19.5 Å². The lowest BCUT2D eigenvalue weighted by Gasteiger charge is -2.35. The van der Waals surface area contributed by atoms with Gasteiger partial charge in [0.1, 0.15) is 11.6 Å². The molecule has 1 heterocycles. The van der Waals surface area contributed by atoms with Crippen LogP contribution >= 0.6 is 0 Å². The van der Waals surface area contributed by atoms with Gasteiger partial charge in [0.15, 0.2) is 0 Å². The lowest BCUT2D eigenvalue weighted by atomic mass is 10.0. The van der Waals surface area contributed by atoms with Gasteiger partial charge >= 0.3 is 0 Å². The van der Waals surface area contributed by atoms with E-state index in [9.17, 15) is 31.1 Å². The lowest BCUT2D eigenvalue weighted by molar-refractivity contribution is -0.00833. The first-order chi connectivity index (χ1) is 20.1. The highest BCUT2D eigenvalue weighted by Gasteiger charge is 2.32. The molecule has 0 unspecified atom stereocenters. The molecular weight excluding hydrogens is 601 g/mol. The van der Waals surface area contributed by atoms with Gasteiger partial charge in [-0.15, -0.1) is 0 Å². The first-order valence-corrected chi connectivity index (χ1v) is 17.5. The van der Waals surface area contributed by atoms with Crippen molar-refractivity contribution < 1.29 is 40.6 Å². The molecule has 4 atom stereocenters. The van der Waals surface area contributed by atoms with Crippen molar-refractivity contribution in [1.29, 1.82) is 0 Å². The molecule has 2 N–H and O–H groups in total. The van der Waals surface area contributed by atoms with Crippen LogP contribution in [0.2, 0.25) is 0 Å². The van der Waals surface area contributed by atoms with Gasteiger partial charge in [-0.25, -0.2) is 21.2 Å². The Morgan fingerprint density at radius 1 is 1.12 bits per heavy atom. The highest BCUT2D eigenvalue weighted by molar-refractivity contribution is 7.92. The van der Waals surface area contributed by atoms with Gasteiger partial charge in [-0.3, -0.25) is 9.52 Å². The second kappa shape index (κ2) is 14.8. The van der Waals surface area contributed by atoms with Gasteiger partial charge in [-0.05, 0) is 75.6 Å². The van der Waals surface area contributed by atoms with E-state index in [0.717, 1.165) is 29.1 Å². The molecule has 43 heavy (non-hydrogen) atoms. The number of nitrogens with one attached hydrogen (secondary N) is 1. The molecule has 240 valence electrons. The number of amides is 1. The van der Waals surface area contributed by atoms with E-state index in [-0.39, 0.29) is 47.7 Å². The highest BCUT2D eigenvalue weighted by Crippen LogP contribution is 2.29. The molecule has 3 rings (SSSR count). The minimum absolute atomic E-state index is 0.0328. The van der Waals surface area contributed by atoms with Crippen LogP contribution in [0.4, 0.5) is 10.1 Å². The average Bonchev–Trinajstić information content (AvgIpc) is 2.93. The second-order valence-corrected chi connectivity index (χ2v) is 14.9. The summed E-state index contributed by atoms with van der Waals surface area (Å²) in [5, 5.41) is 10.1. The molecule has 0 saturated carbocycles. The molecule has 1 amide bonds. The first-order valence-electron chi connectivity index (χ1n) is 14.2. The number of sulfonamides is 2. The third-order valence-corrected chi connectivity index (χ3v) is 9.76. The number of ether oxygens (including phenoxy) is 2. The van der Waals surface area contributed by atoms with E-state index in [0.29, 0.717) is 19.4 Å². The van der Waals surface area contributed by atoms with E-state index in [4.69, 9.17) is 9.47 Å². The summed E-state index contributed by atoms with van der Waals surface area (Å²) in [7, 11) is -6.16. The molecule has 0 radical (unpaired) electrons. The summed E-state index contributed by atoms with van der Waals surface area (Å²) in [5.41, 5.74) is 0.309. The number of hydrogen-bond donors (Lipinski definition) is 2. The van der Waals surface area contributed by atoms with Crippen LogP contribution < -0.4 is 9.46 Å². The Balaban J connectivity index is 1.98. The maximum atomic E-state index is 14.1. The molecule has 2 aromatic carbocycles. The summed E-state index contributed by atoms with van der Waals surface area (Å²) in [6.45, 7) is 5.45. The molecule has 0 saturated heterocycles. The number of anilines is 1. The van der Waals surface area contributed by atoms with Gasteiger partial charge in [0.05, 0.1) is 41.6 Å². The van der Waals surface area contributed by atoms with Gasteiger partial charge in [-0.2, -0.15) is 4.31 Å². The number of likely N-dealkylation sites (N-methyl/N-ethyl adjacent to an activating group) is 1. The van der Waals surface area contributed by atoms with Crippen molar-refractivity contribution in [3.05, 3.63) is 53.8 Å². The van der Waals surface area contributed by atoms with Crippen molar-refractivity contribution in [2.24, 2.45) is 5.92 Å². The SMILES string of the molecule is C[C@@H]1CN([C@@H](C)CO)C(=O)c2cc(NS(C)(=O)=O)ccc2O[C@@H](C)CCCCO[C@@H]1CN(C)S(=O)(=O)c1ccc(F)cc1. The predicted molar refractivity (Wildman–Crippen MR) is 162 cm³/mol. The van der Waals surface area contributed by atoms with Gasteiger partial charge in [-0.1, -0.05) is 6.92 Å². The molecule has 0 fully saturated rings. The number of fused-ring (bicyclic) bond motifs is 1. The monoisotopic (exact) mass is 643 g/mol. The molecule has 2 aromatic rings. The zero-order valence-corrected chi connectivity index (χ0v) is 26.8. The zero-order valence-electron chi connectivity index (χ0n) is 25.2. The fraction of sp³-hybridized carbons (Fsp3) is 0.552. The molecule has 0 spiro atoms. The Bertz CT molecular complexity index is 1450. The molecular formula is C29H42FN3O8S2. The van der Waals surface area contributed by atoms with Crippen LogP contribution in [-0.4, -0.2) is 94.9 Å². The van der Waals surface area contributed by atoms with Crippen molar-refractivity contribution >= 4 is 31.6 Å². The largest absolute Gasteiger partial charge is 0.490 e. The van der Waals surface area contributed by atoms with Crippen LogP contribution in [0, 0.1) is 11.7 Å². The number of halogens is 1. The summed E-state index contributed by atoms with van der Waals surface area (Å²) < 4.78 is 79.6. The standard InChI is InChI=1S/C29H42FN3O8S2/c1-20-17-33(21(2)19-34)29(35)26-16-24(31-42(5,36)37)11-14-27(26)41-22(3)8-6-7-15-40-28(20)18-32(4)43(38,39)25-12-9-23(30)10-13-25/h9-14,16,20-22,28,31,34H,6-8,15,17-19H2,1-5H3/t20-,21+,22+,28-/m1/s1. The second-order valence-electron chi connectivity index (χ2n) is 11.1. The van der Waals surface area contributed by atoms with E-state index in [1.165, 1.54) is 36.2 Å². The Kier molecular flexibility index (Phi) is 11.9. The lowest BCUT2D eigenvalue weighted by Crippen LogP contribution is -2.48. The van der Waals surface area contributed by atoms with Crippen LogP contribution in [0.25, 0.3) is 0 Å². The number of aliphatic hydroxyl groups excluding tert-OH is 1. The number of carbonyl (C=O) groups excluding carboxylic acids is 1. The van der Waals surface area contributed by atoms with Crippen molar-refractivity contribution in [3.63, 3.8) is 0 Å². The van der Waals surface area contributed by atoms with E-state index in [1.807, 2.05) is 13.8 Å². The average molecular weight is 644 g/mol. The molecule has 0 aromatic heterocycles. The number of carbonyl (C=O) groups is 1. The van der Waals surface area contributed by atoms with Gasteiger partial charge in [0, 0.05) is 38.3 Å². The first kappa shape index (κ1) is 34.7. The summed E-state index contributed by atoms with van der Waals surface area (Å²) >= 11 is 0. The van der Waals surface area contributed by atoms with Crippen molar-refractivity contribution in [1.82, 2.24) is 9.21 Å². The van der Waals surface area contributed by atoms with Crippen LogP contribution in [-0.2, 0) is 24.8 Å². The maximum Gasteiger partial charge on any atom is 0.258 e. The molecule has 0 aliphatic carbocycles. The van der Waals surface area contributed by atoms with Gasteiger partial charge in [0.2, 0.25) is 20.0 Å². The van der Waals surface area contributed by atoms with E-state index < -0.39 is 49.8 Å². The number of nitrogens with zero attached hydrogens (tertiary/aromatic N) is 2. The Hall–Kier alpha value is -2.78. The number of hydrogen-bond acceptors (Lipinski definition) is 8. The van der Waals surface area contributed by atoms with Gasteiger partial charge in [0.25, 0.3) is 5.91 Å². The van der Waals surface area contributed by atoms with E-state index in [1.54, 1.807) is 13.0 Å². The molecule has 1 aliphatic heterocycles. The normalized spacial score (nSPS) is 21.9. The summed E-state index contributed by atoms with van der Waals surface area (Å²) in [6.07, 6.45) is 2.19. The van der Waals surface area contributed by atoms with Crippen LogP contribution in [0.3, 0.4) is 0 Å². The number of rotatable bonds is 8. The molecule has 1 aliphatic rings.